The van der Waals surface area contributed by atoms with Crippen molar-refractivity contribution in [1.29, 1.82) is 0 Å². The van der Waals surface area contributed by atoms with E-state index in [-0.39, 0.29) is 30.2 Å². The normalized spacial score (nSPS) is 21.4. The number of amides is 3. The molecule has 0 bridgehead atoms. The predicted octanol–water partition coefficient (Wildman–Crippen LogP) is 3.30. The number of urea groups is 1. The Morgan fingerprint density at radius 1 is 1.24 bits per heavy atom. The van der Waals surface area contributed by atoms with Crippen LogP contribution in [0.2, 0.25) is 0 Å². The highest BCUT2D eigenvalue weighted by Gasteiger charge is 2.33. The first-order valence-corrected chi connectivity index (χ1v) is 9.21. The molecular weight excluding hydrogens is 321 g/mol. The molecule has 1 aromatic rings. The van der Waals surface area contributed by atoms with E-state index in [9.17, 15) is 14.0 Å². The van der Waals surface area contributed by atoms with Crippen LogP contribution < -0.4 is 10.2 Å². The van der Waals surface area contributed by atoms with Crippen molar-refractivity contribution in [3.8, 4) is 0 Å². The Kier molecular flexibility index (Phi) is 5.56. The van der Waals surface area contributed by atoms with Gasteiger partial charge in [-0.05, 0) is 44.0 Å². The van der Waals surface area contributed by atoms with Crippen molar-refractivity contribution in [3.63, 3.8) is 0 Å². The van der Waals surface area contributed by atoms with E-state index in [2.05, 4.69) is 5.32 Å². The molecule has 6 heteroatoms. The lowest BCUT2D eigenvalue weighted by molar-refractivity contribution is -0.117. The number of benzene rings is 1. The highest BCUT2D eigenvalue weighted by atomic mass is 19.1. The van der Waals surface area contributed by atoms with Crippen LogP contribution in [0.5, 0.6) is 0 Å². The van der Waals surface area contributed by atoms with Gasteiger partial charge in [-0.2, -0.15) is 0 Å². The molecule has 0 aromatic heterocycles. The third-order valence-electron chi connectivity index (χ3n) is 5.21. The van der Waals surface area contributed by atoms with Gasteiger partial charge in [0, 0.05) is 31.2 Å². The molecule has 1 saturated heterocycles. The molecule has 1 atom stereocenters. The summed E-state index contributed by atoms with van der Waals surface area (Å²) in [5.41, 5.74) is 0.669. The molecule has 5 nitrogen and oxygen atoms in total. The van der Waals surface area contributed by atoms with Crippen molar-refractivity contribution in [2.24, 2.45) is 0 Å². The van der Waals surface area contributed by atoms with Crippen molar-refractivity contribution >= 4 is 17.6 Å². The van der Waals surface area contributed by atoms with Crippen LogP contribution in [0, 0.1) is 5.82 Å². The zero-order valence-corrected chi connectivity index (χ0v) is 14.7. The van der Waals surface area contributed by atoms with Crippen molar-refractivity contribution in [1.82, 2.24) is 10.2 Å². The number of nitrogens with one attached hydrogen (secondary N) is 1. The van der Waals surface area contributed by atoms with Gasteiger partial charge in [-0.1, -0.05) is 19.3 Å². The molecule has 0 unspecified atom stereocenters. The van der Waals surface area contributed by atoms with E-state index < -0.39 is 0 Å². The van der Waals surface area contributed by atoms with Gasteiger partial charge in [0.15, 0.2) is 0 Å². The molecule has 3 amide bonds. The summed E-state index contributed by atoms with van der Waals surface area (Å²) in [6.07, 6.45) is 6.01. The summed E-state index contributed by atoms with van der Waals surface area (Å²) in [6.45, 7) is 3.11. The Balaban J connectivity index is 1.60. The van der Waals surface area contributed by atoms with Gasteiger partial charge in [-0.15, -0.1) is 0 Å². The van der Waals surface area contributed by atoms with Gasteiger partial charge in [-0.25, -0.2) is 9.18 Å². The number of hydrogen-bond acceptors (Lipinski definition) is 2. The molecule has 1 saturated carbocycles. The molecule has 1 aliphatic heterocycles. The van der Waals surface area contributed by atoms with Gasteiger partial charge >= 0.3 is 6.03 Å². The van der Waals surface area contributed by atoms with Gasteiger partial charge in [0.05, 0.1) is 6.04 Å². The van der Waals surface area contributed by atoms with Crippen molar-refractivity contribution in [2.75, 3.05) is 18.0 Å². The third-order valence-corrected chi connectivity index (χ3v) is 5.21. The summed E-state index contributed by atoms with van der Waals surface area (Å²) in [5, 5.41) is 3.02. The molecule has 1 heterocycles. The molecule has 0 spiro atoms. The van der Waals surface area contributed by atoms with Crippen LogP contribution in [-0.4, -0.2) is 42.0 Å². The Hall–Kier alpha value is -2.11. The van der Waals surface area contributed by atoms with Gasteiger partial charge in [0.2, 0.25) is 5.91 Å². The second-order valence-electron chi connectivity index (χ2n) is 6.91. The van der Waals surface area contributed by atoms with E-state index in [1.54, 1.807) is 17.0 Å². The Labute approximate surface area is 148 Å². The quantitative estimate of drug-likeness (QED) is 0.909. The van der Waals surface area contributed by atoms with Gasteiger partial charge in [0.1, 0.15) is 5.82 Å². The summed E-state index contributed by atoms with van der Waals surface area (Å²) in [5.74, 6) is -0.371. The molecule has 1 N–H and O–H groups in total. The molecule has 1 aliphatic carbocycles. The van der Waals surface area contributed by atoms with Crippen LogP contribution in [-0.2, 0) is 4.79 Å². The second kappa shape index (κ2) is 7.85. The van der Waals surface area contributed by atoms with Crippen molar-refractivity contribution in [2.45, 2.75) is 57.5 Å². The summed E-state index contributed by atoms with van der Waals surface area (Å²) in [7, 11) is 0. The lowest BCUT2D eigenvalue weighted by Gasteiger charge is -2.34. The number of carbonyl (C=O) groups is 2. The van der Waals surface area contributed by atoms with E-state index in [1.165, 1.54) is 31.4 Å². The van der Waals surface area contributed by atoms with E-state index in [0.717, 1.165) is 12.8 Å². The average Bonchev–Trinajstić information content (AvgIpc) is 2.97. The first-order chi connectivity index (χ1) is 12.1. The monoisotopic (exact) mass is 347 g/mol. The average molecular weight is 347 g/mol. The van der Waals surface area contributed by atoms with E-state index in [1.807, 2.05) is 11.8 Å². The van der Waals surface area contributed by atoms with Gasteiger partial charge in [-0.3, -0.25) is 4.79 Å². The fourth-order valence-electron chi connectivity index (χ4n) is 3.89. The van der Waals surface area contributed by atoms with Gasteiger partial charge in [0.25, 0.3) is 0 Å². The van der Waals surface area contributed by atoms with Crippen LogP contribution in [0.1, 0.15) is 45.4 Å². The largest absolute Gasteiger partial charge is 0.333 e. The molecule has 2 aliphatic rings. The zero-order valence-electron chi connectivity index (χ0n) is 14.7. The molecular formula is C19H26FN3O2. The van der Waals surface area contributed by atoms with E-state index in [0.29, 0.717) is 24.8 Å². The first kappa shape index (κ1) is 17.7. The second-order valence-corrected chi connectivity index (χ2v) is 6.91. The Morgan fingerprint density at radius 3 is 2.56 bits per heavy atom. The number of hydrogen-bond donors (Lipinski definition) is 1. The maximum Gasteiger partial charge on any atom is 0.317 e. The number of nitrogens with zero attached hydrogens (tertiary/aromatic N) is 2. The lowest BCUT2D eigenvalue weighted by atomic mass is 9.94. The van der Waals surface area contributed by atoms with Crippen molar-refractivity contribution in [3.05, 3.63) is 30.1 Å². The number of carbonyl (C=O) groups excluding carboxylic acids is 2. The number of rotatable bonds is 4. The van der Waals surface area contributed by atoms with Crippen LogP contribution in [0.3, 0.4) is 0 Å². The standard InChI is InChI=1S/C19H26FN3O2/c1-2-22(16-6-4-3-5-7-16)19(25)21-15-12-18(24)23(13-15)17-10-8-14(20)9-11-17/h8-11,15-16H,2-7,12-13H2,1H3,(H,21,25)/t15-/m1/s1. The summed E-state index contributed by atoms with van der Waals surface area (Å²) in [4.78, 5) is 28.4. The van der Waals surface area contributed by atoms with Crippen LogP contribution in [0.25, 0.3) is 0 Å². The smallest absolute Gasteiger partial charge is 0.317 e. The van der Waals surface area contributed by atoms with Crippen molar-refractivity contribution < 1.29 is 14.0 Å². The van der Waals surface area contributed by atoms with Crippen LogP contribution >= 0.6 is 0 Å². The third kappa shape index (κ3) is 4.11. The fourth-order valence-corrected chi connectivity index (χ4v) is 3.89. The molecule has 136 valence electrons. The minimum Gasteiger partial charge on any atom is -0.333 e. The fraction of sp³-hybridized carbons (Fsp3) is 0.579. The highest BCUT2D eigenvalue weighted by Crippen LogP contribution is 2.24. The first-order valence-electron chi connectivity index (χ1n) is 9.21. The Bertz CT molecular complexity index is 614. The molecule has 25 heavy (non-hydrogen) atoms. The molecule has 2 fully saturated rings. The van der Waals surface area contributed by atoms with Crippen LogP contribution in [0.15, 0.2) is 24.3 Å². The van der Waals surface area contributed by atoms with Gasteiger partial charge < -0.3 is 15.1 Å². The van der Waals surface area contributed by atoms with E-state index in [4.69, 9.17) is 0 Å². The lowest BCUT2D eigenvalue weighted by Crippen LogP contribution is -2.50. The number of halogens is 1. The summed E-state index contributed by atoms with van der Waals surface area (Å²) in [6, 6.07) is 5.91. The zero-order chi connectivity index (χ0) is 17.8. The highest BCUT2D eigenvalue weighted by molar-refractivity contribution is 5.96. The summed E-state index contributed by atoms with van der Waals surface area (Å²) >= 11 is 0. The molecule has 1 aromatic carbocycles. The minimum absolute atomic E-state index is 0.0439. The molecule has 3 rings (SSSR count). The topological polar surface area (TPSA) is 52.7 Å². The number of anilines is 1. The maximum absolute atomic E-state index is 13.1. The van der Waals surface area contributed by atoms with Crippen LogP contribution in [0.4, 0.5) is 14.9 Å². The SMILES string of the molecule is CCN(C(=O)N[C@@H]1CC(=O)N(c2ccc(F)cc2)C1)C1CCCCC1. The summed E-state index contributed by atoms with van der Waals surface area (Å²) < 4.78 is 13.1. The van der Waals surface area contributed by atoms with E-state index >= 15 is 0 Å². The predicted molar refractivity (Wildman–Crippen MR) is 94.9 cm³/mol. The molecule has 0 radical (unpaired) electrons. The Morgan fingerprint density at radius 2 is 1.92 bits per heavy atom. The maximum atomic E-state index is 13.1. The minimum atomic E-state index is -0.327.